The molecule has 1 fully saturated rings. The maximum absolute atomic E-state index is 11.8. The van der Waals surface area contributed by atoms with Gasteiger partial charge in [-0.25, -0.2) is 0 Å². The van der Waals surface area contributed by atoms with Crippen LogP contribution >= 0.6 is 0 Å². The van der Waals surface area contributed by atoms with Crippen molar-refractivity contribution in [2.75, 3.05) is 5.01 Å². The predicted molar refractivity (Wildman–Crippen MR) is 74.3 cm³/mol. The summed E-state index contributed by atoms with van der Waals surface area (Å²) in [6.07, 6.45) is 2.09. The van der Waals surface area contributed by atoms with E-state index in [0.29, 0.717) is 5.57 Å². The number of hydrogen-bond acceptors (Lipinski definition) is 2. The molecule has 96 valence electrons. The van der Waals surface area contributed by atoms with Crippen molar-refractivity contribution in [1.82, 2.24) is 5.43 Å². The van der Waals surface area contributed by atoms with E-state index in [1.807, 2.05) is 37.1 Å². The highest BCUT2D eigenvalue weighted by Gasteiger charge is 2.42. The van der Waals surface area contributed by atoms with Gasteiger partial charge in [0.1, 0.15) is 0 Å². The molecule has 0 aliphatic carbocycles. The van der Waals surface area contributed by atoms with Gasteiger partial charge < -0.3 is 0 Å². The number of benzene rings is 1. The van der Waals surface area contributed by atoms with Crippen LogP contribution in [0.3, 0.4) is 0 Å². The third kappa shape index (κ3) is 1.90. The lowest BCUT2D eigenvalue weighted by molar-refractivity contribution is -0.116. The van der Waals surface area contributed by atoms with Crippen LogP contribution in [0.25, 0.3) is 0 Å². The van der Waals surface area contributed by atoms with Crippen LogP contribution in [0.4, 0.5) is 5.69 Å². The van der Waals surface area contributed by atoms with E-state index in [4.69, 9.17) is 0 Å². The molecule has 3 nitrogen and oxygen atoms in total. The Labute approximate surface area is 108 Å². The minimum absolute atomic E-state index is 0.0914. The standard InChI is InChI=1S/C15H20N2O/c1-5-8-12-9-6-7-10-13(12)17-15(3,4)11(2)14(18)16-17/h6-7,9-10H,2,5,8H2,1,3-4H3,(H,16,18). The number of para-hydroxylation sites is 1. The fourth-order valence-electron chi connectivity index (χ4n) is 2.29. The number of nitrogens with one attached hydrogen (secondary N) is 1. The first-order valence-corrected chi connectivity index (χ1v) is 6.37. The molecule has 0 bridgehead atoms. The van der Waals surface area contributed by atoms with Gasteiger partial charge in [0.15, 0.2) is 0 Å². The van der Waals surface area contributed by atoms with Gasteiger partial charge in [0.25, 0.3) is 5.91 Å². The number of carbonyl (C=O) groups excluding carboxylic acids is 1. The van der Waals surface area contributed by atoms with Gasteiger partial charge in [-0.05, 0) is 31.9 Å². The first-order chi connectivity index (χ1) is 8.48. The van der Waals surface area contributed by atoms with Gasteiger partial charge in [-0.2, -0.15) is 0 Å². The molecule has 0 saturated carbocycles. The van der Waals surface area contributed by atoms with E-state index in [9.17, 15) is 4.79 Å². The van der Waals surface area contributed by atoms with Crippen molar-refractivity contribution in [3.05, 3.63) is 42.0 Å². The van der Waals surface area contributed by atoms with E-state index < -0.39 is 0 Å². The Hall–Kier alpha value is -1.77. The molecule has 0 unspecified atom stereocenters. The van der Waals surface area contributed by atoms with Crippen LogP contribution in [0.2, 0.25) is 0 Å². The van der Waals surface area contributed by atoms with Crippen molar-refractivity contribution in [1.29, 1.82) is 0 Å². The molecular weight excluding hydrogens is 224 g/mol. The number of rotatable bonds is 3. The van der Waals surface area contributed by atoms with E-state index >= 15 is 0 Å². The number of nitrogens with zero attached hydrogens (tertiary/aromatic N) is 1. The summed E-state index contributed by atoms with van der Waals surface area (Å²) in [7, 11) is 0. The number of amides is 1. The van der Waals surface area contributed by atoms with E-state index in [1.54, 1.807) is 0 Å². The molecule has 2 rings (SSSR count). The Morgan fingerprint density at radius 2 is 2.00 bits per heavy atom. The van der Waals surface area contributed by atoms with Gasteiger partial charge in [-0.15, -0.1) is 0 Å². The highest BCUT2D eigenvalue weighted by atomic mass is 16.2. The van der Waals surface area contributed by atoms with Gasteiger partial charge in [-0.3, -0.25) is 15.2 Å². The summed E-state index contributed by atoms with van der Waals surface area (Å²) in [5.41, 5.74) is 5.44. The Kier molecular flexibility index (Phi) is 3.16. The molecule has 1 saturated heterocycles. The van der Waals surface area contributed by atoms with Crippen LogP contribution in [0.5, 0.6) is 0 Å². The molecular formula is C15H20N2O. The minimum Gasteiger partial charge on any atom is -0.275 e. The molecule has 1 heterocycles. The summed E-state index contributed by atoms with van der Waals surface area (Å²) in [5.74, 6) is -0.0914. The monoisotopic (exact) mass is 244 g/mol. The van der Waals surface area contributed by atoms with Crippen molar-refractivity contribution in [3.63, 3.8) is 0 Å². The van der Waals surface area contributed by atoms with Gasteiger partial charge in [0.2, 0.25) is 0 Å². The van der Waals surface area contributed by atoms with Crippen LogP contribution < -0.4 is 10.4 Å². The van der Waals surface area contributed by atoms with Crippen molar-refractivity contribution in [3.8, 4) is 0 Å². The predicted octanol–water partition coefficient (Wildman–Crippen LogP) is 2.83. The molecule has 1 aromatic rings. The van der Waals surface area contributed by atoms with E-state index in [0.717, 1.165) is 18.5 Å². The molecule has 0 atom stereocenters. The lowest BCUT2D eigenvalue weighted by atomic mass is 9.95. The molecule has 0 aromatic heterocycles. The van der Waals surface area contributed by atoms with Crippen LogP contribution in [-0.4, -0.2) is 11.4 Å². The van der Waals surface area contributed by atoms with Crippen molar-refractivity contribution in [2.45, 2.75) is 39.2 Å². The smallest absolute Gasteiger partial charge is 0.267 e. The van der Waals surface area contributed by atoms with Crippen LogP contribution in [-0.2, 0) is 11.2 Å². The second kappa shape index (κ2) is 4.48. The summed E-state index contributed by atoms with van der Waals surface area (Å²) in [4.78, 5) is 11.8. The van der Waals surface area contributed by atoms with Crippen molar-refractivity contribution >= 4 is 11.6 Å². The third-order valence-corrected chi connectivity index (χ3v) is 3.54. The third-order valence-electron chi connectivity index (χ3n) is 3.54. The Morgan fingerprint density at radius 3 is 2.56 bits per heavy atom. The van der Waals surface area contributed by atoms with Crippen molar-refractivity contribution in [2.24, 2.45) is 0 Å². The molecule has 18 heavy (non-hydrogen) atoms. The van der Waals surface area contributed by atoms with E-state index in [-0.39, 0.29) is 11.4 Å². The van der Waals surface area contributed by atoms with Gasteiger partial charge in [0, 0.05) is 5.57 Å². The van der Waals surface area contributed by atoms with Gasteiger partial charge in [0.05, 0.1) is 11.2 Å². The molecule has 1 N–H and O–H groups in total. The van der Waals surface area contributed by atoms with Gasteiger partial charge >= 0.3 is 0 Å². The highest BCUT2D eigenvalue weighted by Crippen LogP contribution is 2.34. The maximum Gasteiger partial charge on any atom is 0.267 e. The zero-order valence-electron chi connectivity index (χ0n) is 11.3. The molecule has 3 heteroatoms. The minimum atomic E-state index is -0.388. The Bertz CT molecular complexity index is 491. The SMILES string of the molecule is C=C1C(=O)NN(c2ccccc2CCC)C1(C)C. The zero-order valence-corrected chi connectivity index (χ0v) is 11.3. The van der Waals surface area contributed by atoms with E-state index in [2.05, 4.69) is 25.0 Å². The summed E-state index contributed by atoms with van der Waals surface area (Å²) < 4.78 is 0. The zero-order chi connectivity index (χ0) is 13.3. The fraction of sp³-hybridized carbons (Fsp3) is 0.400. The topological polar surface area (TPSA) is 32.3 Å². The normalized spacial score (nSPS) is 18.1. The molecule has 1 aromatic carbocycles. The van der Waals surface area contributed by atoms with Crippen molar-refractivity contribution < 1.29 is 4.79 Å². The molecule has 1 aliphatic rings. The molecule has 1 aliphatic heterocycles. The summed E-state index contributed by atoms with van der Waals surface area (Å²) in [6, 6.07) is 8.19. The number of anilines is 1. The number of hydrogen-bond donors (Lipinski definition) is 1. The van der Waals surface area contributed by atoms with Crippen LogP contribution in [0.15, 0.2) is 36.4 Å². The fourth-order valence-corrected chi connectivity index (χ4v) is 2.29. The Morgan fingerprint density at radius 1 is 1.33 bits per heavy atom. The quantitative estimate of drug-likeness (QED) is 0.829. The highest BCUT2D eigenvalue weighted by molar-refractivity contribution is 6.00. The lowest BCUT2D eigenvalue weighted by Gasteiger charge is -2.33. The lowest BCUT2D eigenvalue weighted by Crippen LogP contribution is -2.45. The van der Waals surface area contributed by atoms with Crippen LogP contribution in [0.1, 0.15) is 32.8 Å². The second-order valence-electron chi connectivity index (χ2n) is 5.19. The molecule has 0 spiro atoms. The van der Waals surface area contributed by atoms with E-state index in [1.165, 1.54) is 5.56 Å². The van der Waals surface area contributed by atoms with Gasteiger partial charge in [-0.1, -0.05) is 38.1 Å². The second-order valence-corrected chi connectivity index (χ2v) is 5.19. The average Bonchev–Trinajstić information content (AvgIpc) is 2.54. The maximum atomic E-state index is 11.8. The number of carbonyl (C=O) groups is 1. The average molecular weight is 244 g/mol. The van der Waals surface area contributed by atoms with Crippen LogP contribution in [0, 0.1) is 0 Å². The summed E-state index contributed by atoms with van der Waals surface area (Å²) in [5, 5.41) is 1.93. The summed E-state index contributed by atoms with van der Waals surface area (Å²) >= 11 is 0. The first-order valence-electron chi connectivity index (χ1n) is 6.37. The molecule has 0 radical (unpaired) electrons. The Balaban J connectivity index is 2.43. The largest absolute Gasteiger partial charge is 0.275 e. The number of hydrazine groups is 1. The number of aryl methyl sites for hydroxylation is 1. The summed E-state index contributed by atoms with van der Waals surface area (Å²) in [6.45, 7) is 10.1. The first kappa shape index (κ1) is 12.7. The molecule has 1 amide bonds.